The molecule has 0 spiro atoms. The van der Waals surface area contributed by atoms with Crippen LogP contribution in [0, 0.1) is 0 Å². The molecule has 0 radical (unpaired) electrons. The number of rotatable bonds is 15. The largest absolute Gasteiger partial charge is 0.480 e. The highest BCUT2D eigenvalue weighted by molar-refractivity contribution is 5.84. The van der Waals surface area contributed by atoms with E-state index in [1.54, 1.807) is 6.92 Å². The number of carboxylic acids is 1. The number of amides is 1. The van der Waals surface area contributed by atoms with E-state index in [4.69, 9.17) is 14.6 Å². The van der Waals surface area contributed by atoms with E-state index >= 15 is 0 Å². The molecule has 0 aliphatic rings. The van der Waals surface area contributed by atoms with Crippen molar-refractivity contribution in [3.05, 3.63) is 0 Å². The molecule has 1 amide bonds. The quantitative estimate of drug-likeness (QED) is 0.441. The van der Waals surface area contributed by atoms with Gasteiger partial charge in [-0.05, 0) is 19.3 Å². The van der Waals surface area contributed by atoms with Gasteiger partial charge in [-0.25, -0.2) is 4.79 Å². The molecule has 0 bridgehead atoms. The lowest BCUT2D eigenvalue weighted by Crippen LogP contribution is -2.40. The minimum atomic E-state index is -1.12. The van der Waals surface area contributed by atoms with Gasteiger partial charge in [0.2, 0.25) is 5.91 Å². The Morgan fingerprint density at radius 1 is 1.00 bits per heavy atom. The Kier molecular flexibility index (Phi) is 13.2. The number of hydrogen-bond donors (Lipinski definition) is 2. The third-order valence-corrected chi connectivity index (χ3v) is 3.13. The number of carbonyl (C=O) groups excluding carboxylic acids is 2. The van der Waals surface area contributed by atoms with Crippen LogP contribution in [-0.2, 0) is 23.9 Å². The van der Waals surface area contributed by atoms with Crippen molar-refractivity contribution < 1.29 is 29.0 Å². The van der Waals surface area contributed by atoms with E-state index < -0.39 is 12.0 Å². The molecule has 0 aliphatic heterocycles. The van der Waals surface area contributed by atoms with Gasteiger partial charge in [-0.15, -0.1) is 0 Å². The Bertz CT molecular complexity index is 358. The Hall–Kier alpha value is -1.47. The van der Waals surface area contributed by atoms with E-state index in [1.165, 1.54) is 0 Å². The van der Waals surface area contributed by atoms with Crippen molar-refractivity contribution in [2.75, 3.05) is 26.4 Å². The molecule has 0 aromatic carbocycles. The Balaban J connectivity index is 3.71. The maximum Gasteiger partial charge on any atom is 0.326 e. The van der Waals surface area contributed by atoms with Gasteiger partial charge in [0.15, 0.2) is 0 Å². The first kappa shape index (κ1) is 21.5. The predicted octanol–water partition coefficient (Wildman–Crippen LogP) is 1.54. The summed E-state index contributed by atoms with van der Waals surface area (Å²) in [5, 5.41) is 11.4. The number of carbonyl (C=O) groups is 3. The van der Waals surface area contributed by atoms with Crippen LogP contribution in [0.4, 0.5) is 0 Å². The molecule has 0 aliphatic carbocycles. The molecule has 0 rings (SSSR count). The molecule has 23 heavy (non-hydrogen) atoms. The summed E-state index contributed by atoms with van der Waals surface area (Å²) in [7, 11) is 0. The van der Waals surface area contributed by atoms with Crippen LogP contribution in [0.5, 0.6) is 0 Å². The first-order chi connectivity index (χ1) is 11.0. The molecule has 2 N–H and O–H groups in total. The van der Waals surface area contributed by atoms with Crippen LogP contribution in [0.15, 0.2) is 0 Å². The molecule has 0 aromatic rings. The monoisotopic (exact) mass is 331 g/mol. The fourth-order valence-corrected chi connectivity index (χ4v) is 1.82. The molecule has 0 heterocycles. The van der Waals surface area contributed by atoms with Crippen molar-refractivity contribution in [3.8, 4) is 0 Å². The highest BCUT2D eigenvalue weighted by Crippen LogP contribution is 2.04. The van der Waals surface area contributed by atoms with Crippen LogP contribution in [0.3, 0.4) is 0 Å². The van der Waals surface area contributed by atoms with E-state index in [0.29, 0.717) is 32.7 Å². The molecule has 0 fully saturated rings. The van der Waals surface area contributed by atoms with Gasteiger partial charge in [0.05, 0.1) is 13.2 Å². The van der Waals surface area contributed by atoms with Gasteiger partial charge in [0.25, 0.3) is 0 Å². The zero-order valence-electron chi connectivity index (χ0n) is 14.1. The summed E-state index contributed by atoms with van der Waals surface area (Å²) in [4.78, 5) is 33.9. The van der Waals surface area contributed by atoms with E-state index in [0.717, 1.165) is 13.0 Å². The average molecular weight is 331 g/mol. The van der Waals surface area contributed by atoms with E-state index in [2.05, 4.69) is 5.32 Å². The first-order valence-electron chi connectivity index (χ1n) is 8.20. The van der Waals surface area contributed by atoms with Gasteiger partial charge in [0, 0.05) is 32.5 Å². The lowest BCUT2D eigenvalue weighted by molar-refractivity contribution is -0.142. The zero-order valence-corrected chi connectivity index (χ0v) is 14.1. The smallest absolute Gasteiger partial charge is 0.326 e. The van der Waals surface area contributed by atoms with Crippen LogP contribution in [-0.4, -0.2) is 55.2 Å². The summed E-state index contributed by atoms with van der Waals surface area (Å²) >= 11 is 0. The molecular weight excluding hydrogens is 302 g/mol. The van der Waals surface area contributed by atoms with Crippen molar-refractivity contribution >= 4 is 17.7 Å². The first-order valence-corrected chi connectivity index (χ1v) is 8.20. The van der Waals surface area contributed by atoms with Crippen LogP contribution >= 0.6 is 0 Å². The average Bonchev–Trinajstić information content (AvgIpc) is 2.53. The lowest BCUT2D eigenvalue weighted by atomic mass is 10.1. The Morgan fingerprint density at radius 3 is 2.22 bits per heavy atom. The summed E-state index contributed by atoms with van der Waals surface area (Å²) in [6.07, 6.45) is 2.41. The fourth-order valence-electron chi connectivity index (χ4n) is 1.82. The minimum absolute atomic E-state index is 0.0205. The van der Waals surface area contributed by atoms with Crippen molar-refractivity contribution in [2.45, 2.75) is 58.4 Å². The van der Waals surface area contributed by atoms with Crippen LogP contribution in [0.25, 0.3) is 0 Å². The summed E-state index contributed by atoms with van der Waals surface area (Å²) in [6.45, 7) is 5.95. The van der Waals surface area contributed by atoms with Gasteiger partial charge in [-0.1, -0.05) is 13.8 Å². The fraction of sp³-hybridized carbons (Fsp3) is 0.812. The third-order valence-electron chi connectivity index (χ3n) is 3.13. The van der Waals surface area contributed by atoms with Gasteiger partial charge >= 0.3 is 5.97 Å². The summed E-state index contributed by atoms with van der Waals surface area (Å²) in [6, 6.07) is -1.00. The zero-order chi connectivity index (χ0) is 17.5. The molecule has 0 saturated carbocycles. The number of ether oxygens (including phenoxy) is 2. The van der Waals surface area contributed by atoms with Crippen LogP contribution < -0.4 is 5.32 Å². The summed E-state index contributed by atoms with van der Waals surface area (Å²) in [5.41, 5.74) is 0. The third kappa shape index (κ3) is 12.7. The Morgan fingerprint density at radius 2 is 1.65 bits per heavy atom. The van der Waals surface area contributed by atoms with E-state index in [1.807, 2.05) is 6.92 Å². The van der Waals surface area contributed by atoms with Crippen molar-refractivity contribution in [1.29, 1.82) is 0 Å². The molecular formula is C16H29NO6. The maximum absolute atomic E-state index is 11.7. The lowest BCUT2D eigenvalue weighted by Gasteiger charge is -2.13. The SMILES string of the molecule is CCCOCCOCCCC(=O)CCC(NC(=O)CC)C(=O)O. The molecule has 1 unspecified atom stereocenters. The number of Topliss-reactive ketones (excluding diaryl/α,β-unsaturated/α-hetero) is 1. The van der Waals surface area contributed by atoms with Gasteiger partial charge in [-0.3, -0.25) is 9.59 Å². The van der Waals surface area contributed by atoms with E-state index in [9.17, 15) is 14.4 Å². The van der Waals surface area contributed by atoms with E-state index in [-0.39, 0.29) is 31.0 Å². The normalized spacial score (nSPS) is 11.9. The molecule has 1 atom stereocenters. The molecule has 0 saturated heterocycles. The van der Waals surface area contributed by atoms with Crippen LogP contribution in [0.1, 0.15) is 52.4 Å². The topological polar surface area (TPSA) is 102 Å². The van der Waals surface area contributed by atoms with Crippen LogP contribution in [0.2, 0.25) is 0 Å². The van der Waals surface area contributed by atoms with Gasteiger partial charge < -0.3 is 19.9 Å². The summed E-state index contributed by atoms with van der Waals surface area (Å²) < 4.78 is 10.6. The number of nitrogens with one attached hydrogen (secondary N) is 1. The predicted molar refractivity (Wildman–Crippen MR) is 85.3 cm³/mol. The van der Waals surface area contributed by atoms with Gasteiger partial charge in [-0.2, -0.15) is 0 Å². The number of hydrogen-bond acceptors (Lipinski definition) is 5. The summed E-state index contributed by atoms with van der Waals surface area (Å²) in [5.74, 6) is -1.47. The molecule has 7 heteroatoms. The van der Waals surface area contributed by atoms with Crippen molar-refractivity contribution in [3.63, 3.8) is 0 Å². The molecule has 0 aromatic heterocycles. The molecule has 134 valence electrons. The van der Waals surface area contributed by atoms with Crippen molar-refractivity contribution in [2.24, 2.45) is 0 Å². The maximum atomic E-state index is 11.7. The number of aliphatic carboxylic acids is 1. The second-order valence-corrected chi connectivity index (χ2v) is 5.22. The van der Waals surface area contributed by atoms with Crippen molar-refractivity contribution in [1.82, 2.24) is 5.32 Å². The molecule has 7 nitrogen and oxygen atoms in total. The highest BCUT2D eigenvalue weighted by atomic mass is 16.5. The standard InChI is InChI=1S/C16H29NO6/c1-3-9-22-11-12-23-10-5-6-13(18)7-8-14(16(20)21)17-15(19)4-2/h14H,3-12H2,1-2H3,(H,17,19)(H,20,21). The highest BCUT2D eigenvalue weighted by Gasteiger charge is 2.20. The minimum Gasteiger partial charge on any atom is -0.480 e. The second kappa shape index (κ2) is 14.1. The number of ketones is 1. The Labute approximate surface area is 137 Å². The van der Waals surface area contributed by atoms with Gasteiger partial charge in [0.1, 0.15) is 11.8 Å². The second-order valence-electron chi connectivity index (χ2n) is 5.22. The number of carboxylic acid groups (broad SMARTS) is 1.